The number of hydrogen-bond donors (Lipinski definition) is 1. The Kier molecular flexibility index (Phi) is 4.18. The van der Waals surface area contributed by atoms with Gasteiger partial charge in [0.05, 0.1) is 0 Å². The first-order valence-electron chi connectivity index (χ1n) is 6.87. The van der Waals surface area contributed by atoms with Crippen LogP contribution in [-0.2, 0) is 6.42 Å². The summed E-state index contributed by atoms with van der Waals surface area (Å²) in [4.78, 5) is 0.778. The van der Waals surface area contributed by atoms with Gasteiger partial charge >= 0.3 is 0 Å². The average molecular weight is 346 g/mol. The quantitative estimate of drug-likeness (QED) is 0.765. The van der Waals surface area contributed by atoms with Crippen LogP contribution in [0.1, 0.15) is 24.0 Å². The van der Waals surface area contributed by atoms with Crippen molar-refractivity contribution in [2.75, 3.05) is 5.32 Å². The molecule has 0 unspecified atom stereocenters. The van der Waals surface area contributed by atoms with E-state index in [4.69, 9.17) is 12.2 Å². The van der Waals surface area contributed by atoms with Gasteiger partial charge in [-0.15, -0.1) is 0 Å². The Labute approximate surface area is 133 Å². The molecule has 0 saturated heterocycles. The monoisotopic (exact) mass is 345 g/mol. The van der Waals surface area contributed by atoms with Crippen LogP contribution in [0.5, 0.6) is 0 Å². The van der Waals surface area contributed by atoms with Crippen LogP contribution in [0.4, 0.5) is 5.69 Å². The van der Waals surface area contributed by atoms with Gasteiger partial charge in [0.15, 0.2) is 0 Å². The first kappa shape index (κ1) is 13.8. The van der Waals surface area contributed by atoms with E-state index >= 15 is 0 Å². The number of rotatable bonds is 4. The summed E-state index contributed by atoms with van der Waals surface area (Å²) in [6.45, 7) is 0. The number of anilines is 1. The molecule has 0 spiro atoms. The van der Waals surface area contributed by atoms with Crippen molar-refractivity contribution in [2.24, 2.45) is 5.92 Å². The second-order valence-corrected chi connectivity index (χ2v) is 6.59. The van der Waals surface area contributed by atoms with Gasteiger partial charge in [0.2, 0.25) is 0 Å². The van der Waals surface area contributed by atoms with Crippen LogP contribution in [0.25, 0.3) is 0 Å². The molecule has 1 aliphatic rings. The fraction of sp³-hybridized carbons (Fsp3) is 0.235. The maximum absolute atomic E-state index is 5.51. The summed E-state index contributed by atoms with van der Waals surface area (Å²) in [5.74, 6) is 0.874. The SMILES string of the molecule is S=C(Nc1ccccc1CC1CC1)c1ccc(Br)cc1. The Balaban J connectivity index is 1.76. The third-order valence-corrected chi connectivity index (χ3v) is 4.44. The summed E-state index contributed by atoms with van der Waals surface area (Å²) in [6, 6.07) is 16.6. The second kappa shape index (κ2) is 6.06. The minimum atomic E-state index is 0.778. The standard InChI is InChI=1S/C17H16BrNS/c18-15-9-7-13(8-10-15)17(20)19-16-4-2-1-3-14(16)11-12-5-6-12/h1-4,7-10,12H,5-6,11H2,(H,19,20). The molecular weight excluding hydrogens is 330 g/mol. The van der Waals surface area contributed by atoms with Crippen LogP contribution in [-0.4, -0.2) is 4.99 Å². The minimum Gasteiger partial charge on any atom is -0.346 e. The zero-order valence-corrected chi connectivity index (χ0v) is 13.5. The van der Waals surface area contributed by atoms with Crippen LogP contribution in [0.2, 0.25) is 0 Å². The molecule has 1 saturated carbocycles. The molecule has 1 aliphatic carbocycles. The molecular formula is C17H16BrNS. The van der Waals surface area contributed by atoms with Gasteiger partial charge < -0.3 is 5.32 Å². The summed E-state index contributed by atoms with van der Waals surface area (Å²) in [6.07, 6.45) is 3.89. The molecule has 3 heteroatoms. The van der Waals surface area contributed by atoms with Crippen LogP contribution < -0.4 is 5.32 Å². The van der Waals surface area contributed by atoms with Gasteiger partial charge in [-0.1, -0.05) is 58.5 Å². The van der Waals surface area contributed by atoms with E-state index in [1.165, 1.54) is 18.4 Å². The van der Waals surface area contributed by atoms with E-state index in [1.54, 1.807) is 0 Å². The first-order chi connectivity index (χ1) is 9.72. The van der Waals surface area contributed by atoms with Crippen LogP contribution in [0.15, 0.2) is 53.0 Å². The highest BCUT2D eigenvalue weighted by Gasteiger charge is 2.22. The Morgan fingerprint density at radius 1 is 1.10 bits per heavy atom. The molecule has 1 N–H and O–H groups in total. The lowest BCUT2D eigenvalue weighted by molar-refractivity contribution is 0.834. The highest BCUT2D eigenvalue weighted by Crippen LogP contribution is 2.34. The zero-order chi connectivity index (χ0) is 13.9. The van der Waals surface area contributed by atoms with Gasteiger partial charge in [0, 0.05) is 15.7 Å². The highest BCUT2D eigenvalue weighted by atomic mass is 79.9. The number of halogens is 1. The topological polar surface area (TPSA) is 12.0 Å². The first-order valence-corrected chi connectivity index (χ1v) is 8.07. The van der Waals surface area contributed by atoms with E-state index in [9.17, 15) is 0 Å². The van der Waals surface area contributed by atoms with Gasteiger partial charge in [-0.2, -0.15) is 0 Å². The molecule has 0 amide bonds. The maximum Gasteiger partial charge on any atom is 0.110 e. The Bertz CT molecular complexity index is 617. The minimum absolute atomic E-state index is 0.778. The van der Waals surface area contributed by atoms with Gasteiger partial charge in [-0.25, -0.2) is 0 Å². The smallest absolute Gasteiger partial charge is 0.110 e. The molecule has 2 aromatic rings. The summed E-state index contributed by atoms with van der Waals surface area (Å²) >= 11 is 8.95. The van der Waals surface area contributed by atoms with Crippen molar-refractivity contribution < 1.29 is 0 Å². The fourth-order valence-corrected chi connectivity index (χ4v) is 2.76. The lowest BCUT2D eigenvalue weighted by Crippen LogP contribution is -2.12. The zero-order valence-electron chi connectivity index (χ0n) is 11.1. The largest absolute Gasteiger partial charge is 0.346 e. The third kappa shape index (κ3) is 3.47. The Hall–Kier alpha value is -1.19. The summed E-state index contributed by atoms with van der Waals surface area (Å²) < 4.78 is 1.07. The Morgan fingerprint density at radius 3 is 2.50 bits per heavy atom. The average Bonchev–Trinajstić information content (AvgIpc) is 3.26. The number of benzene rings is 2. The summed E-state index contributed by atoms with van der Waals surface area (Å²) in [7, 11) is 0. The second-order valence-electron chi connectivity index (χ2n) is 5.27. The van der Waals surface area contributed by atoms with Crippen molar-refractivity contribution in [3.8, 4) is 0 Å². The number of nitrogens with one attached hydrogen (secondary N) is 1. The lowest BCUT2D eigenvalue weighted by Gasteiger charge is -2.13. The predicted molar refractivity (Wildman–Crippen MR) is 92.3 cm³/mol. The highest BCUT2D eigenvalue weighted by molar-refractivity contribution is 9.10. The summed E-state index contributed by atoms with van der Waals surface area (Å²) in [5.41, 5.74) is 3.56. The van der Waals surface area contributed by atoms with Gasteiger partial charge in [0.25, 0.3) is 0 Å². The van der Waals surface area contributed by atoms with Crippen LogP contribution >= 0.6 is 28.1 Å². The van der Waals surface area contributed by atoms with Crippen molar-refractivity contribution in [1.82, 2.24) is 0 Å². The van der Waals surface area contributed by atoms with E-state index in [1.807, 2.05) is 24.3 Å². The molecule has 0 radical (unpaired) electrons. The van der Waals surface area contributed by atoms with Gasteiger partial charge in [-0.05, 0) is 48.9 Å². The van der Waals surface area contributed by atoms with Crippen molar-refractivity contribution >= 4 is 38.8 Å². The summed E-state index contributed by atoms with van der Waals surface area (Å²) in [5, 5.41) is 3.40. The van der Waals surface area contributed by atoms with Crippen molar-refractivity contribution in [3.63, 3.8) is 0 Å². The third-order valence-electron chi connectivity index (χ3n) is 3.58. The van der Waals surface area contributed by atoms with Crippen molar-refractivity contribution in [3.05, 3.63) is 64.1 Å². The molecule has 2 aromatic carbocycles. The predicted octanol–water partition coefficient (Wildman–Crippen LogP) is 5.19. The maximum atomic E-state index is 5.51. The van der Waals surface area contributed by atoms with E-state index in [0.29, 0.717) is 0 Å². The molecule has 0 aromatic heterocycles. The molecule has 102 valence electrons. The molecule has 0 bridgehead atoms. The lowest BCUT2D eigenvalue weighted by atomic mass is 10.1. The van der Waals surface area contributed by atoms with E-state index < -0.39 is 0 Å². The number of para-hydroxylation sites is 1. The molecule has 1 fully saturated rings. The van der Waals surface area contributed by atoms with Crippen molar-refractivity contribution in [2.45, 2.75) is 19.3 Å². The van der Waals surface area contributed by atoms with E-state index in [-0.39, 0.29) is 0 Å². The Morgan fingerprint density at radius 2 is 1.80 bits per heavy atom. The normalized spacial score (nSPS) is 14.1. The number of thiocarbonyl (C=S) groups is 1. The molecule has 0 heterocycles. The van der Waals surface area contributed by atoms with Crippen molar-refractivity contribution in [1.29, 1.82) is 0 Å². The van der Waals surface area contributed by atoms with Gasteiger partial charge in [-0.3, -0.25) is 0 Å². The molecule has 20 heavy (non-hydrogen) atoms. The van der Waals surface area contributed by atoms with Crippen LogP contribution in [0, 0.1) is 5.92 Å². The van der Waals surface area contributed by atoms with Crippen LogP contribution in [0.3, 0.4) is 0 Å². The molecule has 0 atom stereocenters. The van der Waals surface area contributed by atoms with E-state index in [2.05, 4.69) is 45.5 Å². The molecule has 0 aliphatic heterocycles. The molecule has 1 nitrogen and oxygen atoms in total. The fourth-order valence-electron chi connectivity index (χ4n) is 2.25. The molecule has 3 rings (SSSR count). The number of hydrogen-bond acceptors (Lipinski definition) is 1. The van der Waals surface area contributed by atoms with E-state index in [0.717, 1.165) is 33.1 Å². The van der Waals surface area contributed by atoms with Gasteiger partial charge in [0.1, 0.15) is 4.99 Å².